The monoisotopic (exact) mass is 361 g/mol. The number of piperidine rings is 1. The van der Waals surface area contributed by atoms with Crippen LogP contribution in [0, 0.1) is 0 Å². The number of hydrogen-bond acceptors (Lipinski definition) is 4. The van der Waals surface area contributed by atoms with Crippen molar-refractivity contribution >= 4 is 11.8 Å². The number of carbonyl (C=O) groups excluding carboxylic acids is 2. The van der Waals surface area contributed by atoms with Crippen LogP contribution in [0.2, 0.25) is 0 Å². The minimum atomic E-state index is 0.156. The predicted molar refractivity (Wildman–Crippen MR) is 99.6 cm³/mol. The highest BCUT2D eigenvalue weighted by Gasteiger charge is 2.25. The van der Waals surface area contributed by atoms with Crippen molar-refractivity contribution in [2.75, 3.05) is 32.7 Å². The van der Waals surface area contributed by atoms with Gasteiger partial charge in [0.1, 0.15) is 0 Å². The molecule has 7 heteroatoms. The van der Waals surface area contributed by atoms with E-state index in [4.69, 9.17) is 0 Å². The molecule has 3 heterocycles. The Kier molecular flexibility index (Phi) is 7.05. The molecule has 0 saturated carbocycles. The average Bonchev–Trinajstić information content (AvgIpc) is 3.14. The number of H-pyrrole nitrogens is 1. The van der Waals surface area contributed by atoms with Crippen LogP contribution in [-0.4, -0.2) is 70.3 Å². The number of nitrogens with one attached hydrogen (secondary N) is 2. The highest BCUT2D eigenvalue weighted by atomic mass is 16.2. The molecule has 0 spiro atoms. The van der Waals surface area contributed by atoms with Crippen LogP contribution in [0.3, 0.4) is 0 Å². The fourth-order valence-corrected chi connectivity index (χ4v) is 4.01. The van der Waals surface area contributed by atoms with E-state index in [1.165, 1.54) is 12.8 Å². The lowest BCUT2D eigenvalue weighted by atomic mass is 9.98. The lowest BCUT2D eigenvalue weighted by Crippen LogP contribution is -2.44. The zero-order valence-electron chi connectivity index (χ0n) is 15.6. The number of carbonyl (C=O) groups is 2. The molecular weight excluding hydrogens is 330 g/mol. The lowest BCUT2D eigenvalue weighted by Gasteiger charge is -2.35. The molecule has 2 saturated heterocycles. The van der Waals surface area contributed by atoms with Crippen LogP contribution in [-0.2, 0) is 16.0 Å². The molecule has 2 aliphatic heterocycles. The molecule has 2 fully saturated rings. The lowest BCUT2D eigenvalue weighted by molar-refractivity contribution is -0.130. The van der Waals surface area contributed by atoms with E-state index in [0.29, 0.717) is 25.4 Å². The van der Waals surface area contributed by atoms with Crippen molar-refractivity contribution in [2.24, 2.45) is 0 Å². The van der Waals surface area contributed by atoms with Gasteiger partial charge >= 0.3 is 0 Å². The molecule has 0 bridgehead atoms. The summed E-state index contributed by atoms with van der Waals surface area (Å²) in [5, 5.41) is 3.05. The third kappa shape index (κ3) is 5.56. The summed E-state index contributed by atoms with van der Waals surface area (Å²) in [5.41, 5.74) is 0.862. The van der Waals surface area contributed by atoms with Crippen LogP contribution >= 0.6 is 0 Å². The van der Waals surface area contributed by atoms with E-state index in [2.05, 4.69) is 20.2 Å². The Morgan fingerprint density at radius 1 is 1.12 bits per heavy atom. The third-order valence-electron chi connectivity index (χ3n) is 5.47. The maximum absolute atomic E-state index is 12.7. The SMILES string of the molecule is O=C1CC2CCCCN2CCCN(C(=O)Cc2cnc[nH]2)CCCCN1. The van der Waals surface area contributed by atoms with Crippen molar-refractivity contribution < 1.29 is 9.59 Å². The summed E-state index contributed by atoms with van der Waals surface area (Å²) < 4.78 is 0. The standard InChI is InChI=1S/C19H31N5O2/c25-18-13-17-6-1-3-8-23(17)10-5-11-24(9-4-2-7-21-18)19(26)12-16-14-20-15-22-16/h14-15,17H,1-13H2,(H,20,22)(H,21,25). The van der Waals surface area contributed by atoms with Crippen LogP contribution in [0.15, 0.2) is 12.5 Å². The molecule has 26 heavy (non-hydrogen) atoms. The predicted octanol–water partition coefficient (Wildman–Crippen LogP) is 1.33. The second kappa shape index (κ2) is 9.71. The first-order valence-electron chi connectivity index (χ1n) is 9.98. The Balaban J connectivity index is 1.59. The number of rotatable bonds is 2. The number of amides is 2. The van der Waals surface area contributed by atoms with E-state index in [1.807, 2.05) is 4.90 Å². The van der Waals surface area contributed by atoms with Crippen LogP contribution in [0.1, 0.15) is 50.6 Å². The summed E-state index contributed by atoms with van der Waals surface area (Å²) in [7, 11) is 0. The maximum atomic E-state index is 12.7. The van der Waals surface area contributed by atoms with Gasteiger partial charge in [-0.25, -0.2) is 4.98 Å². The highest BCUT2D eigenvalue weighted by molar-refractivity contribution is 5.78. The minimum Gasteiger partial charge on any atom is -0.356 e. The quantitative estimate of drug-likeness (QED) is 0.833. The Morgan fingerprint density at radius 3 is 2.77 bits per heavy atom. The fraction of sp³-hybridized carbons (Fsp3) is 0.737. The Labute approximate surface area is 155 Å². The van der Waals surface area contributed by atoms with Gasteiger partial charge in [-0.15, -0.1) is 0 Å². The van der Waals surface area contributed by atoms with E-state index in [-0.39, 0.29) is 11.8 Å². The van der Waals surface area contributed by atoms with Gasteiger partial charge in [0.15, 0.2) is 0 Å². The van der Waals surface area contributed by atoms with E-state index in [1.54, 1.807) is 12.5 Å². The molecule has 0 radical (unpaired) electrons. The number of imidazole rings is 1. The molecule has 1 aromatic heterocycles. The van der Waals surface area contributed by atoms with Gasteiger partial charge in [-0.2, -0.15) is 0 Å². The summed E-state index contributed by atoms with van der Waals surface area (Å²) in [6.45, 7) is 4.28. The summed E-state index contributed by atoms with van der Waals surface area (Å²) in [6.07, 6.45) is 10.6. The van der Waals surface area contributed by atoms with Crippen LogP contribution < -0.4 is 5.32 Å². The number of hydrogen-bond donors (Lipinski definition) is 2. The van der Waals surface area contributed by atoms with Crippen molar-refractivity contribution in [3.8, 4) is 0 Å². The molecule has 144 valence electrons. The van der Waals surface area contributed by atoms with Gasteiger partial charge in [-0.1, -0.05) is 6.42 Å². The van der Waals surface area contributed by atoms with Gasteiger partial charge in [0.25, 0.3) is 0 Å². The molecular formula is C19H31N5O2. The molecule has 1 atom stereocenters. The average molecular weight is 361 g/mol. The normalized spacial score (nSPS) is 23.9. The third-order valence-corrected chi connectivity index (χ3v) is 5.47. The van der Waals surface area contributed by atoms with Gasteiger partial charge in [-0.05, 0) is 38.6 Å². The van der Waals surface area contributed by atoms with Crippen molar-refractivity contribution in [1.29, 1.82) is 0 Å². The Morgan fingerprint density at radius 2 is 1.92 bits per heavy atom. The van der Waals surface area contributed by atoms with Crippen molar-refractivity contribution in [3.63, 3.8) is 0 Å². The number of fused-ring (bicyclic) bond motifs is 1. The molecule has 1 unspecified atom stereocenters. The van der Waals surface area contributed by atoms with Gasteiger partial charge in [-0.3, -0.25) is 14.5 Å². The van der Waals surface area contributed by atoms with E-state index in [9.17, 15) is 9.59 Å². The first-order valence-corrected chi connectivity index (χ1v) is 9.98. The van der Waals surface area contributed by atoms with Gasteiger partial charge < -0.3 is 15.2 Å². The molecule has 7 nitrogen and oxygen atoms in total. The van der Waals surface area contributed by atoms with Crippen molar-refractivity contribution in [3.05, 3.63) is 18.2 Å². The molecule has 0 aromatic carbocycles. The molecule has 2 N–H and O–H groups in total. The number of nitrogens with zero attached hydrogens (tertiary/aromatic N) is 3. The summed E-state index contributed by atoms with van der Waals surface area (Å²) >= 11 is 0. The minimum absolute atomic E-state index is 0.156. The van der Waals surface area contributed by atoms with Gasteiger partial charge in [0.2, 0.25) is 11.8 Å². The largest absolute Gasteiger partial charge is 0.356 e. The van der Waals surface area contributed by atoms with Gasteiger partial charge in [0, 0.05) is 50.5 Å². The fourth-order valence-electron chi connectivity index (χ4n) is 4.01. The second-order valence-corrected chi connectivity index (χ2v) is 7.43. The molecule has 2 amide bonds. The van der Waals surface area contributed by atoms with Crippen molar-refractivity contribution in [2.45, 2.75) is 57.4 Å². The number of aromatic nitrogens is 2. The topological polar surface area (TPSA) is 81.3 Å². The van der Waals surface area contributed by atoms with Crippen LogP contribution in [0.4, 0.5) is 0 Å². The van der Waals surface area contributed by atoms with Crippen LogP contribution in [0.25, 0.3) is 0 Å². The molecule has 0 aliphatic carbocycles. The van der Waals surface area contributed by atoms with Gasteiger partial charge in [0.05, 0.1) is 12.7 Å². The summed E-state index contributed by atoms with van der Waals surface area (Å²) in [6, 6.07) is 0.360. The van der Waals surface area contributed by atoms with Crippen molar-refractivity contribution in [1.82, 2.24) is 25.1 Å². The maximum Gasteiger partial charge on any atom is 0.228 e. The number of aromatic amines is 1. The van der Waals surface area contributed by atoms with E-state index < -0.39 is 0 Å². The first kappa shape index (κ1) is 18.9. The van der Waals surface area contributed by atoms with Crippen LogP contribution in [0.5, 0.6) is 0 Å². The van der Waals surface area contributed by atoms with E-state index in [0.717, 1.165) is 57.6 Å². The molecule has 2 aliphatic rings. The second-order valence-electron chi connectivity index (χ2n) is 7.43. The van der Waals surface area contributed by atoms with E-state index >= 15 is 0 Å². The molecule has 3 rings (SSSR count). The zero-order chi connectivity index (χ0) is 18.2. The smallest absolute Gasteiger partial charge is 0.228 e. The highest BCUT2D eigenvalue weighted by Crippen LogP contribution is 2.20. The Bertz CT molecular complexity index is 574. The summed E-state index contributed by atoms with van der Waals surface area (Å²) in [4.78, 5) is 36.3. The molecule has 1 aromatic rings. The summed E-state index contributed by atoms with van der Waals surface area (Å²) in [5.74, 6) is 0.330. The first-order chi connectivity index (χ1) is 12.7. The Hall–Kier alpha value is -1.89. The zero-order valence-corrected chi connectivity index (χ0v) is 15.6.